The molecule has 2 unspecified atom stereocenters. The van der Waals surface area contributed by atoms with Crippen LogP contribution in [0.1, 0.15) is 32.6 Å². The van der Waals surface area contributed by atoms with Crippen molar-refractivity contribution in [1.82, 2.24) is 0 Å². The van der Waals surface area contributed by atoms with Crippen molar-refractivity contribution >= 4 is 0 Å². The SMILES string of the molecule is CCCC1CCC1C(F)(F)F. The molecule has 0 aromatic rings. The third-order valence-electron chi connectivity index (χ3n) is 2.50. The minimum atomic E-state index is -3.93. The lowest BCUT2D eigenvalue weighted by molar-refractivity contribution is -0.213. The molecule has 0 spiro atoms. The normalized spacial score (nSPS) is 31.6. The summed E-state index contributed by atoms with van der Waals surface area (Å²) in [4.78, 5) is 0. The van der Waals surface area contributed by atoms with Crippen molar-refractivity contribution in [3.8, 4) is 0 Å². The fraction of sp³-hybridized carbons (Fsp3) is 1.00. The molecule has 11 heavy (non-hydrogen) atoms. The van der Waals surface area contributed by atoms with Crippen molar-refractivity contribution < 1.29 is 13.2 Å². The van der Waals surface area contributed by atoms with Gasteiger partial charge in [0.2, 0.25) is 0 Å². The Hall–Kier alpha value is -0.210. The second kappa shape index (κ2) is 3.03. The van der Waals surface area contributed by atoms with E-state index in [0.29, 0.717) is 6.42 Å². The molecule has 3 heteroatoms. The summed E-state index contributed by atoms with van der Waals surface area (Å²) in [6.07, 6.45) is -1.19. The van der Waals surface area contributed by atoms with E-state index in [1.807, 2.05) is 6.92 Å². The summed E-state index contributed by atoms with van der Waals surface area (Å²) < 4.78 is 36.2. The topological polar surface area (TPSA) is 0 Å². The molecule has 2 atom stereocenters. The van der Waals surface area contributed by atoms with Crippen LogP contribution in [-0.2, 0) is 0 Å². The predicted molar refractivity (Wildman–Crippen MR) is 37.2 cm³/mol. The van der Waals surface area contributed by atoms with Gasteiger partial charge in [0.1, 0.15) is 0 Å². The number of halogens is 3. The first kappa shape index (κ1) is 8.88. The van der Waals surface area contributed by atoms with E-state index in [1.54, 1.807) is 0 Å². The molecule has 0 aromatic carbocycles. The van der Waals surface area contributed by atoms with Gasteiger partial charge in [0, 0.05) is 0 Å². The zero-order chi connectivity index (χ0) is 8.48. The summed E-state index contributed by atoms with van der Waals surface area (Å²) in [5.41, 5.74) is 0. The van der Waals surface area contributed by atoms with Crippen LogP contribution in [0.15, 0.2) is 0 Å². The van der Waals surface area contributed by atoms with Crippen LogP contribution in [0.2, 0.25) is 0 Å². The third-order valence-corrected chi connectivity index (χ3v) is 2.50. The van der Waals surface area contributed by atoms with Gasteiger partial charge < -0.3 is 0 Å². The summed E-state index contributed by atoms with van der Waals surface area (Å²) in [5.74, 6) is -1.05. The van der Waals surface area contributed by atoms with Crippen LogP contribution in [0.25, 0.3) is 0 Å². The smallest absolute Gasteiger partial charge is 0.171 e. The van der Waals surface area contributed by atoms with Gasteiger partial charge in [-0.15, -0.1) is 0 Å². The summed E-state index contributed by atoms with van der Waals surface area (Å²) in [6, 6.07) is 0. The Morgan fingerprint density at radius 3 is 2.18 bits per heavy atom. The second-order valence-corrected chi connectivity index (χ2v) is 3.27. The van der Waals surface area contributed by atoms with Crippen molar-refractivity contribution in [3.05, 3.63) is 0 Å². The number of rotatable bonds is 2. The van der Waals surface area contributed by atoms with Gasteiger partial charge in [0.15, 0.2) is 0 Å². The van der Waals surface area contributed by atoms with Crippen molar-refractivity contribution in [2.75, 3.05) is 0 Å². The Morgan fingerprint density at radius 1 is 1.27 bits per heavy atom. The molecule has 0 aliphatic heterocycles. The van der Waals surface area contributed by atoms with E-state index in [2.05, 4.69) is 0 Å². The molecule has 0 nitrogen and oxygen atoms in total. The van der Waals surface area contributed by atoms with Crippen LogP contribution in [0.4, 0.5) is 13.2 Å². The average Bonchev–Trinajstić information content (AvgIpc) is 1.75. The standard InChI is InChI=1S/C8H13F3/c1-2-3-6-4-5-7(6)8(9,10)11/h6-7H,2-5H2,1H3. The van der Waals surface area contributed by atoms with Gasteiger partial charge in [0.25, 0.3) is 0 Å². The van der Waals surface area contributed by atoms with Gasteiger partial charge in [-0.05, 0) is 18.8 Å². The number of alkyl halides is 3. The largest absolute Gasteiger partial charge is 0.392 e. The molecule has 66 valence electrons. The monoisotopic (exact) mass is 166 g/mol. The average molecular weight is 166 g/mol. The second-order valence-electron chi connectivity index (χ2n) is 3.27. The van der Waals surface area contributed by atoms with Gasteiger partial charge in [0.05, 0.1) is 5.92 Å². The minimum Gasteiger partial charge on any atom is -0.171 e. The van der Waals surface area contributed by atoms with Gasteiger partial charge in [-0.3, -0.25) is 0 Å². The molecule has 0 aromatic heterocycles. The number of hydrogen-bond donors (Lipinski definition) is 0. The van der Waals surface area contributed by atoms with Crippen molar-refractivity contribution in [1.29, 1.82) is 0 Å². The Bertz CT molecular complexity index is 128. The van der Waals surface area contributed by atoms with Crippen LogP contribution in [0.5, 0.6) is 0 Å². The molecule has 1 fully saturated rings. The maximum absolute atomic E-state index is 12.1. The first-order chi connectivity index (χ1) is 5.05. The minimum absolute atomic E-state index is 0.0694. The summed E-state index contributed by atoms with van der Waals surface area (Å²) in [6.45, 7) is 1.94. The molecule has 0 bridgehead atoms. The molecular weight excluding hydrogens is 153 g/mol. The summed E-state index contributed by atoms with van der Waals surface area (Å²) in [5, 5.41) is 0. The fourth-order valence-electron chi connectivity index (χ4n) is 1.72. The van der Waals surface area contributed by atoms with Crippen LogP contribution in [0.3, 0.4) is 0 Å². The Kier molecular flexibility index (Phi) is 2.45. The first-order valence-electron chi connectivity index (χ1n) is 4.12. The predicted octanol–water partition coefficient (Wildman–Crippen LogP) is 3.38. The van der Waals surface area contributed by atoms with Crippen LogP contribution in [0, 0.1) is 11.8 Å². The molecular formula is C8H13F3. The van der Waals surface area contributed by atoms with E-state index in [4.69, 9.17) is 0 Å². The van der Waals surface area contributed by atoms with Gasteiger partial charge in [-0.1, -0.05) is 19.8 Å². The first-order valence-corrected chi connectivity index (χ1v) is 4.12. The van der Waals surface area contributed by atoms with Gasteiger partial charge in [-0.25, -0.2) is 0 Å². The summed E-state index contributed by atoms with van der Waals surface area (Å²) >= 11 is 0. The fourth-order valence-corrected chi connectivity index (χ4v) is 1.72. The van der Waals surface area contributed by atoms with Crippen molar-refractivity contribution in [2.24, 2.45) is 11.8 Å². The van der Waals surface area contributed by atoms with Crippen LogP contribution >= 0.6 is 0 Å². The lowest BCUT2D eigenvalue weighted by Gasteiger charge is -2.37. The summed E-state index contributed by atoms with van der Waals surface area (Å²) in [7, 11) is 0. The maximum atomic E-state index is 12.1. The highest BCUT2D eigenvalue weighted by Crippen LogP contribution is 2.47. The van der Waals surface area contributed by atoms with E-state index < -0.39 is 12.1 Å². The third kappa shape index (κ3) is 1.88. The highest BCUT2D eigenvalue weighted by molar-refractivity contribution is 4.85. The molecule has 0 radical (unpaired) electrons. The molecule has 0 N–H and O–H groups in total. The Morgan fingerprint density at radius 2 is 1.91 bits per heavy atom. The van der Waals surface area contributed by atoms with E-state index >= 15 is 0 Å². The highest BCUT2D eigenvalue weighted by Gasteiger charge is 2.48. The van der Waals surface area contributed by atoms with E-state index in [1.165, 1.54) is 0 Å². The Balaban J connectivity index is 2.37. The molecule has 1 rings (SSSR count). The number of hydrogen-bond acceptors (Lipinski definition) is 0. The maximum Gasteiger partial charge on any atom is 0.392 e. The van der Waals surface area contributed by atoms with E-state index in [9.17, 15) is 13.2 Å². The highest BCUT2D eigenvalue weighted by atomic mass is 19.4. The van der Waals surface area contributed by atoms with E-state index in [0.717, 1.165) is 19.3 Å². The quantitative estimate of drug-likeness (QED) is 0.590. The molecule has 0 heterocycles. The molecule has 0 saturated heterocycles. The lowest BCUT2D eigenvalue weighted by Crippen LogP contribution is -2.37. The van der Waals surface area contributed by atoms with Crippen molar-refractivity contribution in [3.63, 3.8) is 0 Å². The van der Waals surface area contributed by atoms with Crippen LogP contribution in [-0.4, -0.2) is 6.18 Å². The lowest BCUT2D eigenvalue weighted by atomic mass is 9.71. The molecule has 1 aliphatic carbocycles. The Labute approximate surface area is 64.8 Å². The van der Waals surface area contributed by atoms with E-state index in [-0.39, 0.29) is 5.92 Å². The molecule has 0 amide bonds. The van der Waals surface area contributed by atoms with Crippen molar-refractivity contribution in [2.45, 2.75) is 38.8 Å². The van der Waals surface area contributed by atoms with Crippen LogP contribution < -0.4 is 0 Å². The molecule has 1 saturated carbocycles. The van der Waals surface area contributed by atoms with Gasteiger partial charge in [-0.2, -0.15) is 13.2 Å². The zero-order valence-corrected chi connectivity index (χ0v) is 6.62. The molecule has 1 aliphatic rings. The van der Waals surface area contributed by atoms with Gasteiger partial charge >= 0.3 is 6.18 Å². The zero-order valence-electron chi connectivity index (χ0n) is 6.62.